The Labute approximate surface area is 259 Å². The van der Waals surface area contributed by atoms with Crippen molar-refractivity contribution in [1.29, 1.82) is 0 Å². The van der Waals surface area contributed by atoms with E-state index in [0.29, 0.717) is 0 Å². The third-order valence-electron chi connectivity index (χ3n) is 7.15. The number of rotatable bonds is 13. The summed E-state index contributed by atoms with van der Waals surface area (Å²) < 4.78 is 0. The minimum Gasteiger partial charge on any atom is -0.321 e. The van der Waals surface area contributed by atoms with Crippen molar-refractivity contribution in [3.8, 4) is 11.1 Å². The van der Waals surface area contributed by atoms with Crippen LogP contribution in [0.2, 0.25) is 0 Å². The molecule has 0 amide bonds. The second-order valence-electron chi connectivity index (χ2n) is 10.1. The van der Waals surface area contributed by atoms with Crippen LogP contribution in [0.15, 0.2) is 188 Å². The molecule has 0 bridgehead atoms. The van der Waals surface area contributed by atoms with E-state index in [1.807, 2.05) is 55.5 Å². The molecule has 0 fully saturated rings. The molecule has 43 heavy (non-hydrogen) atoms. The van der Waals surface area contributed by atoms with Crippen LogP contribution < -0.4 is 4.90 Å². The maximum atomic E-state index is 4.06. The Morgan fingerprint density at radius 3 is 1.93 bits per heavy atom. The van der Waals surface area contributed by atoms with Gasteiger partial charge in [0.2, 0.25) is 0 Å². The molecule has 0 aliphatic rings. The zero-order valence-corrected chi connectivity index (χ0v) is 26.0. The van der Waals surface area contributed by atoms with E-state index in [2.05, 4.69) is 143 Å². The van der Waals surface area contributed by atoms with E-state index in [0.717, 1.165) is 44.8 Å². The molecule has 0 saturated heterocycles. The predicted molar refractivity (Wildman–Crippen MR) is 193 cm³/mol. The Hall–Kier alpha value is -5.14. The Morgan fingerprint density at radius 1 is 0.651 bits per heavy atom. The number of anilines is 1. The SMILES string of the molecule is C=C/C=C(\C=C)c1ccc(N(/C=C/C=C(\C=C)c2ccccc2)/C(C)=C/C=C(C)/C(C)=C/C=C\C)cc1-c1ccccc1. The van der Waals surface area contributed by atoms with E-state index >= 15 is 0 Å². The number of allylic oxidation sites excluding steroid dienone is 16. The average molecular weight is 562 g/mol. The van der Waals surface area contributed by atoms with E-state index < -0.39 is 0 Å². The van der Waals surface area contributed by atoms with Crippen molar-refractivity contribution in [2.75, 3.05) is 4.90 Å². The van der Waals surface area contributed by atoms with Gasteiger partial charge >= 0.3 is 0 Å². The molecule has 1 nitrogen and oxygen atoms in total. The molecule has 0 N–H and O–H groups in total. The summed E-state index contributed by atoms with van der Waals surface area (Å²) in [6, 6.07) is 27.4. The van der Waals surface area contributed by atoms with Gasteiger partial charge in [-0.1, -0.05) is 141 Å². The van der Waals surface area contributed by atoms with Gasteiger partial charge in [-0.25, -0.2) is 0 Å². The third-order valence-corrected chi connectivity index (χ3v) is 7.15. The van der Waals surface area contributed by atoms with Crippen molar-refractivity contribution in [1.82, 2.24) is 0 Å². The molecule has 0 heterocycles. The van der Waals surface area contributed by atoms with E-state index in [4.69, 9.17) is 0 Å². The Kier molecular flexibility index (Phi) is 12.8. The van der Waals surface area contributed by atoms with Gasteiger partial charge in [-0.3, -0.25) is 0 Å². The normalized spacial score (nSPS) is 13.4. The second kappa shape index (κ2) is 17.0. The fraction of sp³-hybridized carbons (Fsp3) is 0.0952. The third kappa shape index (κ3) is 9.18. The van der Waals surface area contributed by atoms with Gasteiger partial charge in [-0.15, -0.1) is 0 Å². The fourth-order valence-electron chi connectivity index (χ4n) is 4.57. The van der Waals surface area contributed by atoms with Crippen molar-refractivity contribution in [2.24, 2.45) is 0 Å². The van der Waals surface area contributed by atoms with Crippen LogP contribution in [-0.4, -0.2) is 0 Å². The Bertz CT molecular complexity index is 1620. The van der Waals surface area contributed by atoms with Crippen molar-refractivity contribution in [3.63, 3.8) is 0 Å². The molecule has 0 aromatic heterocycles. The Balaban J connectivity index is 2.19. The van der Waals surface area contributed by atoms with Crippen molar-refractivity contribution < 1.29 is 0 Å². The second-order valence-corrected chi connectivity index (χ2v) is 10.1. The molecule has 0 saturated carbocycles. The van der Waals surface area contributed by atoms with Gasteiger partial charge in [0.1, 0.15) is 0 Å². The molecule has 0 aliphatic carbocycles. The lowest BCUT2D eigenvalue weighted by atomic mass is 9.93. The lowest BCUT2D eigenvalue weighted by Crippen LogP contribution is -2.13. The topological polar surface area (TPSA) is 3.24 Å². The number of benzene rings is 3. The van der Waals surface area contributed by atoms with Crippen LogP contribution in [0.4, 0.5) is 5.69 Å². The van der Waals surface area contributed by atoms with Crippen molar-refractivity contribution >= 4 is 16.8 Å². The van der Waals surface area contributed by atoms with E-state index in [9.17, 15) is 0 Å². The summed E-state index contributed by atoms with van der Waals surface area (Å²) >= 11 is 0. The molecule has 0 spiro atoms. The molecular formula is C42H43N. The van der Waals surface area contributed by atoms with Crippen LogP contribution in [0, 0.1) is 0 Å². The molecule has 0 radical (unpaired) electrons. The summed E-state index contributed by atoms with van der Waals surface area (Å²) in [5.74, 6) is 0. The zero-order chi connectivity index (χ0) is 31.0. The molecule has 3 aromatic carbocycles. The number of hydrogen-bond acceptors (Lipinski definition) is 1. The summed E-state index contributed by atoms with van der Waals surface area (Å²) in [6.07, 6.45) is 24.5. The average Bonchev–Trinajstić information content (AvgIpc) is 3.05. The smallest absolute Gasteiger partial charge is 0.0458 e. The molecule has 0 unspecified atom stereocenters. The minimum atomic E-state index is 1.03. The van der Waals surface area contributed by atoms with Gasteiger partial charge in [0.25, 0.3) is 0 Å². The van der Waals surface area contributed by atoms with Gasteiger partial charge in [0, 0.05) is 17.6 Å². The maximum absolute atomic E-state index is 4.06. The maximum Gasteiger partial charge on any atom is 0.0458 e. The summed E-state index contributed by atoms with van der Waals surface area (Å²) in [5.41, 5.74) is 11.2. The standard InChI is InChI=1S/C42H43N/c1-8-12-21-33(5)34(6)27-28-35(7)43(31-19-26-36(10-3)38-22-15-13-16-23-38)40-29-30-41(37(11-4)20-9-2)42(32-40)39-24-17-14-18-25-39/h8-32H,2-4H2,1,5-7H3/b12-8-,31-19+,33-21+,34-27+,35-28+,36-26+,37-20+. The lowest BCUT2D eigenvalue weighted by Gasteiger charge is -2.23. The van der Waals surface area contributed by atoms with Crippen LogP contribution in [0.25, 0.3) is 22.3 Å². The monoisotopic (exact) mass is 561 g/mol. The number of nitrogens with zero attached hydrogens (tertiary/aromatic N) is 1. The van der Waals surface area contributed by atoms with Gasteiger partial charge in [-0.2, -0.15) is 0 Å². The lowest BCUT2D eigenvalue weighted by molar-refractivity contribution is 1.15. The number of hydrogen-bond donors (Lipinski definition) is 0. The Morgan fingerprint density at radius 2 is 1.30 bits per heavy atom. The highest BCUT2D eigenvalue weighted by Crippen LogP contribution is 2.34. The molecular weight excluding hydrogens is 518 g/mol. The van der Waals surface area contributed by atoms with Crippen LogP contribution >= 0.6 is 0 Å². The van der Waals surface area contributed by atoms with Gasteiger partial charge < -0.3 is 4.90 Å². The summed E-state index contributed by atoms with van der Waals surface area (Å²) in [7, 11) is 0. The van der Waals surface area contributed by atoms with Crippen molar-refractivity contribution in [2.45, 2.75) is 27.7 Å². The fourth-order valence-corrected chi connectivity index (χ4v) is 4.57. The summed E-state index contributed by atoms with van der Waals surface area (Å²) in [6.45, 7) is 20.5. The van der Waals surface area contributed by atoms with E-state index in [1.165, 1.54) is 11.1 Å². The van der Waals surface area contributed by atoms with Crippen LogP contribution in [0.3, 0.4) is 0 Å². The largest absolute Gasteiger partial charge is 0.321 e. The summed E-state index contributed by atoms with van der Waals surface area (Å²) in [4.78, 5) is 2.22. The van der Waals surface area contributed by atoms with Crippen molar-refractivity contribution in [3.05, 3.63) is 200 Å². The molecule has 1 heteroatoms. The van der Waals surface area contributed by atoms with Crippen LogP contribution in [0.5, 0.6) is 0 Å². The molecule has 0 aliphatic heterocycles. The molecule has 3 aromatic rings. The van der Waals surface area contributed by atoms with Crippen LogP contribution in [-0.2, 0) is 0 Å². The molecule has 3 rings (SSSR count). The molecule has 0 atom stereocenters. The van der Waals surface area contributed by atoms with E-state index in [-0.39, 0.29) is 0 Å². The first-order chi connectivity index (χ1) is 20.9. The predicted octanol–water partition coefficient (Wildman–Crippen LogP) is 12.1. The van der Waals surface area contributed by atoms with Gasteiger partial charge in [0.15, 0.2) is 0 Å². The summed E-state index contributed by atoms with van der Waals surface area (Å²) in [5, 5.41) is 0. The molecule has 216 valence electrons. The quantitative estimate of drug-likeness (QED) is 0.188. The van der Waals surface area contributed by atoms with Gasteiger partial charge in [-0.05, 0) is 96.5 Å². The first-order valence-electron chi connectivity index (χ1n) is 14.6. The highest BCUT2D eigenvalue weighted by atomic mass is 15.1. The first kappa shape index (κ1) is 32.4. The minimum absolute atomic E-state index is 1.03. The first-order valence-corrected chi connectivity index (χ1v) is 14.6. The highest BCUT2D eigenvalue weighted by molar-refractivity contribution is 5.88. The van der Waals surface area contributed by atoms with Gasteiger partial charge in [0.05, 0.1) is 0 Å². The zero-order valence-electron chi connectivity index (χ0n) is 26.0. The van der Waals surface area contributed by atoms with Crippen LogP contribution in [0.1, 0.15) is 38.8 Å². The van der Waals surface area contributed by atoms with E-state index in [1.54, 1.807) is 6.08 Å². The highest BCUT2D eigenvalue weighted by Gasteiger charge is 2.13.